The van der Waals surface area contributed by atoms with Gasteiger partial charge in [-0.2, -0.15) is 5.10 Å². The van der Waals surface area contributed by atoms with Crippen LogP contribution < -0.4 is 0 Å². The van der Waals surface area contributed by atoms with Crippen LogP contribution in [0.3, 0.4) is 0 Å². The molecule has 0 spiro atoms. The van der Waals surface area contributed by atoms with Crippen LogP contribution in [0.15, 0.2) is 30.3 Å². The SMILES string of the molecule is Cc1cc(CC(O)c2cccc(C3CC3)c2)n(C)n1. The summed E-state index contributed by atoms with van der Waals surface area (Å²) in [5.74, 6) is 0.728. The molecule has 1 aromatic heterocycles. The van der Waals surface area contributed by atoms with Crippen molar-refractivity contribution >= 4 is 0 Å². The number of nitrogens with zero attached hydrogens (tertiary/aromatic N) is 2. The molecule has 3 nitrogen and oxygen atoms in total. The summed E-state index contributed by atoms with van der Waals surface area (Å²) in [6, 6.07) is 10.4. The lowest BCUT2D eigenvalue weighted by molar-refractivity contribution is 0.175. The van der Waals surface area contributed by atoms with Crippen molar-refractivity contribution in [3.05, 3.63) is 52.8 Å². The van der Waals surface area contributed by atoms with Gasteiger partial charge in [0.2, 0.25) is 0 Å². The van der Waals surface area contributed by atoms with Gasteiger partial charge in [0.1, 0.15) is 0 Å². The summed E-state index contributed by atoms with van der Waals surface area (Å²) in [7, 11) is 1.93. The van der Waals surface area contributed by atoms with Crippen LogP contribution in [-0.2, 0) is 13.5 Å². The molecule has 0 saturated heterocycles. The predicted octanol–water partition coefficient (Wildman–Crippen LogP) is 2.88. The first-order valence-corrected chi connectivity index (χ1v) is 6.91. The van der Waals surface area contributed by atoms with E-state index in [0.29, 0.717) is 6.42 Å². The Morgan fingerprint density at radius 2 is 2.16 bits per heavy atom. The Kier molecular flexibility index (Phi) is 3.15. The molecular formula is C16H20N2O. The number of aryl methyl sites for hydroxylation is 2. The first kappa shape index (κ1) is 12.4. The first-order chi connectivity index (χ1) is 9.13. The average molecular weight is 256 g/mol. The van der Waals surface area contributed by atoms with Gasteiger partial charge in [0.15, 0.2) is 0 Å². The number of aromatic nitrogens is 2. The zero-order valence-electron chi connectivity index (χ0n) is 11.5. The van der Waals surface area contributed by atoms with Crippen molar-refractivity contribution in [3.8, 4) is 0 Å². The van der Waals surface area contributed by atoms with Crippen LogP contribution in [-0.4, -0.2) is 14.9 Å². The van der Waals surface area contributed by atoms with Crippen LogP contribution >= 0.6 is 0 Å². The van der Waals surface area contributed by atoms with Gasteiger partial charge in [0.25, 0.3) is 0 Å². The molecule has 19 heavy (non-hydrogen) atoms. The second-order valence-corrected chi connectivity index (χ2v) is 5.56. The second-order valence-electron chi connectivity index (χ2n) is 5.56. The second kappa shape index (κ2) is 4.82. The minimum atomic E-state index is -0.450. The van der Waals surface area contributed by atoms with E-state index in [2.05, 4.69) is 23.3 Å². The molecule has 3 heteroatoms. The smallest absolute Gasteiger partial charge is 0.0845 e. The summed E-state index contributed by atoms with van der Waals surface area (Å²) in [5.41, 5.74) is 4.46. The normalized spacial score (nSPS) is 16.6. The van der Waals surface area contributed by atoms with Gasteiger partial charge >= 0.3 is 0 Å². The highest BCUT2D eigenvalue weighted by Crippen LogP contribution is 2.40. The fraction of sp³-hybridized carbons (Fsp3) is 0.438. The minimum absolute atomic E-state index is 0.450. The van der Waals surface area contributed by atoms with Crippen molar-refractivity contribution < 1.29 is 5.11 Å². The Hall–Kier alpha value is -1.61. The number of rotatable bonds is 4. The lowest BCUT2D eigenvalue weighted by Crippen LogP contribution is -2.06. The van der Waals surface area contributed by atoms with Crippen LogP contribution in [0.1, 0.15) is 47.4 Å². The lowest BCUT2D eigenvalue weighted by atomic mass is 10.0. The van der Waals surface area contributed by atoms with Crippen LogP contribution in [0.2, 0.25) is 0 Å². The first-order valence-electron chi connectivity index (χ1n) is 6.91. The zero-order valence-corrected chi connectivity index (χ0v) is 11.5. The average Bonchev–Trinajstić information content (AvgIpc) is 3.18. The number of hydrogen-bond donors (Lipinski definition) is 1. The third kappa shape index (κ3) is 2.71. The van der Waals surface area contributed by atoms with Gasteiger partial charge in [-0.15, -0.1) is 0 Å². The molecule has 0 radical (unpaired) electrons. The standard InChI is InChI=1S/C16H20N2O/c1-11-8-15(18(2)17-11)10-16(19)14-5-3-4-13(9-14)12-6-7-12/h3-5,8-9,12,16,19H,6-7,10H2,1-2H3. The summed E-state index contributed by atoms with van der Waals surface area (Å²) in [5, 5.41) is 14.7. The van der Waals surface area contributed by atoms with Crippen molar-refractivity contribution in [1.29, 1.82) is 0 Å². The topological polar surface area (TPSA) is 38.0 Å². The number of hydrogen-bond acceptors (Lipinski definition) is 2. The van der Waals surface area contributed by atoms with E-state index in [4.69, 9.17) is 0 Å². The molecule has 0 aliphatic heterocycles. The highest BCUT2D eigenvalue weighted by Gasteiger charge is 2.24. The van der Waals surface area contributed by atoms with Gasteiger partial charge in [0.05, 0.1) is 11.8 Å². The Morgan fingerprint density at radius 1 is 1.37 bits per heavy atom. The summed E-state index contributed by atoms with van der Waals surface area (Å²) in [6.45, 7) is 1.98. The molecule has 1 saturated carbocycles. The molecule has 100 valence electrons. The van der Waals surface area contributed by atoms with E-state index < -0.39 is 6.10 Å². The fourth-order valence-electron chi connectivity index (χ4n) is 2.61. The van der Waals surface area contributed by atoms with Crippen molar-refractivity contribution in [2.75, 3.05) is 0 Å². The van der Waals surface area contributed by atoms with E-state index in [1.165, 1.54) is 18.4 Å². The Balaban J connectivity index is 1.77. The van der Waals surface area contributed by atoms with Gasteiger partial charge in [0, 0.05) is 19.2 Å². The molecule has 1 aromatic carbocycles. The molecule has 1 N–H and O–H groups in total. The Bertz CT molecular complexity index is 584. The quantitative estimate of drug-likeness (QED) is 0.913. The molecule has 1 heterocycles. The van der Waals surface area contributed by atoms with E-state index in [1.807, 2.05) is 30.8 Å². The number of aliphatic hydroxyl groups is 1. The lowest BCUT2D eigenvalue weighted by Gasteiger charge is -2.12. The molecule has 1 aliphatic rings. The summed E-state index contributed by atoms with van der Waals surface area (Å²) in [6.07, 6.45) is 2.75. The largest absolute Gasteiger partial charge is 0.388 e. The molecule has 1 fully saturated rings. The maximum atomic E-state index is 10.4. The Labute approximate surface area is 113 Å². The summed E-state index contributed by atoms with van der Waals surface area (Å²) >= 11 is 0. The molecule has 0 bridgehead atoms. The molecule has 0 amide bonds. The zero-order chi connectivity index (χ0) is 13.4. The summed E-state index contributed by atoms with van der Waals surface area (Å²) in [4.78, 5) is 0. The van der Waals surface area contributed by atoms with Crippen molar-refractivity contribution in [3.63, 3.8) is 0 Å². The number of aliphatic hydroxyl groups excluding tert-OH is 1. The van der Waals surface area contributed by atoms with Gasteiger partial charge in [-0.25, -0.2) is 0 Å². The molecule has 1 atom stereocenters. The van der Waals surface area contributed by atoms with Crippen LogP contribution in [0.4, 0.5) is 0 Å². The maximum absolute atomic E-state index is 10.4. The highest BCUT2D eigenvalue weighted by molar-refractivity contribution is 5.31. The van der Waals surface area contributed by atoms with Crippen LogP contribution in [0.25, 0.3) is 0 Å². The van der Waals surface area contributed by atoms with E-state index >= 15 is 0 Å². The van der Waals surface area contributed by atoms with Gasteiger partial charge in [-0.05, 0) is 42.9 Å². The van der Waals surface area contributed by atoms with E-state index in [9.17, 15) is 5.11 Å². The predicted molar refractivity (Wildman–Crippen MR) is 75.0 cm³/mol. The van der Waals surface area contributed by atoms with Crippen LogP contribution in [0.5, 0.6) is 0 Å². The van der Waals surface area contributed by atoms with Crippen molar-refractivity contribution in [1.82, 2.24) is 9.78 Å². The minimum Gasteiger partial charge on any atom is -0.388 e. The molecule has 3 rings (SSSR count). The van der Waals surface area contributed by atoms with E-state index in [1.54, 1.807) is 0 Å². The van der Waals surface area contributed by atoms with Gasteiger partial charge in [-0.1, -0.05) is 24.3 Å². The van der Waals surface area contributed by atoms with E-state index in [0.717, 1.165) is 22.9 Å². The van der Waals surface area contributed by atoms with Crippen LogP contribution in [0, 0.1) is 6.92 Å². The maximum Gasteiger partial charge on any atom is 0.0845 e. The monoisotopic (exact) mass is 256 g/mol. The molecule has 2 aromatic rings. The third-order valence-electron chi connectivity index (χ3n) is 3.85. The molecule has 1 unspecified atom stereocenters. The van der Waals surface area contributed by atoms with Gasteiger partial charge < -0.3 is 5.11 Å². The van der Waals surface area contributed by atoms with E-state index in [-0.39, 0.29) is 0 Å². The van der Waals surface area contributed by atoms with Gasteiger partial charge in [-0.3, -0.25) is 4.68 Å². The molecular weight excluding hydrogens is 236 g/mol. The summed E-state index contributed by atoms with van der Waals surface area (Å²) < 4.78 is 1.85. The van der Waals surface area contributed by atoms with Crippen molar-refractivity contribution in [2.45, 2.75) is 38.2 Å². The fourth-order valence-corrected chi connectivity index (χ4v) is 2.61. The third-order valence-corrected chi connectivity index (χ3v) is 3.85. The highest BCUT2D eigenvalue weighted by atomic mass is 16.3. The van der Waals surface area contributed by atoms with Crippen molar-refractivity contribution in [2.24, 2.45) is 7.05 Å². The number of benzene rings is 1. The Morgan fingerprint density at radius 3 is 2.79 bits per heavy atom. The molecule has 1 aliphatic carbocycles.